The molecule has 1 N–H and O–H groups in total. The Balaban J connectivity index is 1.16. The molecule has 2 amide bonds. The molecule has 5 rings (SSSR count). The molecule has 148 valence electrons. The monoisotopic (exact) mass is 392 g/mol. The highest BCUT2D eigenvalue weighted by Gasteiger charge is 2.25. The summed E-state index contributed by atoms with van der Waals surface area (Å²) in [6.45, 7) is 1.44. The summed E-state index contributed by atoms with van der Waals surface area (Å²) >= 11 is 0. The third kappa shape index (κ3) is 3.73. The van der Waals surface area contributed by atoms with E-state index in [1.165, 1.54) is 0 Å². The molecular weight excluding hydrogens is 372 g/mol. The number of fused-ring (bicyclic) bond motifs is 2. The number of ether oxygens (including phenoxy) is 3. The van der Waals surface area contributed by atoms with Gasteiger partial charge in [-0.1, -0.05) is 12.1 Å². The Morgan fingerprint density at radius 1 is 1.07 bits per heavy atom. The van der Waals surface area contributed by atoms with E-state index in [0.29, 0.717) is 36.2 Å². The van der Waals surface area contributed by atoms with Gasteiger partial charge in [-0.05, 0) is 24.3 Å². The molecule has 0 atom stereocenters. The molecule has 0 saturated carbocycles. The molecule has 3 aromatic rings. The van der Waals surface area contributed by atoms with Crippen molar-refractivity contribution in [1.82, 2.24) is 14.9 Å². The van der Waals surface area contributed by atoms with Gasteiger partial charge in [0.1, 0.15) is 6.10 Å². The molecule has 0 radical (unpaired) electrons. The minimum Gasteiger partial charge on any atom is -0.473 e. The van der Waals surface area contributed by atoms with Gasteiger partial charge in [-0.2, -0.15) is 0 Å². The number of para-hydroxylation sites is 2. The number of carbonyl (C=O) groups is 1. The highest BCUT2D eigenvalue weighted by molar-refractivity contribution is 5.89. The fraction of sp³-hybridized carbons (Fsp3) is 0.286. The molecule has 2 aliphatic heterocycles. The predicted molar refractivity (Wildman–Crippen MR) is 106 cm³/mol. The fourth-order valence-electron chi connectivity index (χ4n) is 3.52. The molecule has 0 spiro atoms. The minimum atomic E-state index is -0.132. The van der Waals surface area contributed by atoms with Gasteiger partial charge in [-0.3, -0.25) is 0 Å². The number of anilines is 1. The minimum absolute atomic E-state index is 0.0139. The Labute approximate surface area is 167 Å². The van der Waals surface area contributed by atoms with Crippen LogP contribution < -0.4 is 19.5 Å². The third-order valence-corrected chi connectivity index (χ3v) is 5.07. The van der Waals surface area contributed by atoms with E-state index in [1.54, 1.807) is 29.3 Å². The Hall–Kier alpha value is -3.55. The number of hydrogen-bond acceptors (Lipinski definition) is 6. The van der Waals surface area contributed by atoms with Gasteiger partial charge in [-0.15, -0.1) is 0 Å². The third-order valence-electron chi connectivity index (χ3n) is 5.07. The maximum absolute atomic E-state index is 12.6. The van der Waals surface area contributed by atoms with E-state index in [-0.39, 0.29) is 18.9 Å². The van der Waals surface area contributed by atoms with Gasteiger partial charge in [-0.25, -0.2) is 14.8 Å². The average Bonchev–Trinajstić information content (AvgIpc) is 3.22. The van der Waals surface area contributed by atoms with Crippen LogP contribution in [0.5, 0.6) is 17.4 Å². The molecule has 0 aliphatic carbocycles. The number of aromatic nitrogens is 2. The summed E-state index contributed by atoms with van der Waals surface area (Å²) < 4.78 is 16.6. The molecule has 1 fully saturated rings. The molecule has 8 heteroatoms. The van der Waals surface area contributed by atoms with E-state index < -0.39 is 0 Å². The normalized spacial score (nSPS) is 16.1. The molecular formula is C21H20N4O4. The van der Waals surface area contributed by atoms with Crippen molar-refractivity contribution in [2.24, 2.45) is 0 Å². The van der Waals surface area contributed by atoms with E-state index in [0.717, 1.165) is 23.9 Å². The summed E-state index contributed by atoms with van der Waals surface area (Å²) in [7, 11) is 0. The summed E-state index contributed by atoms with van der Waals surface area (Å²) in [5.41, 5.74) is 2.34. The lowest BCUT2D eigenvalue weighted by Crippen LogP contribution is -2.43. The molecule has 1 saturated heterocycles. The Bertz CT molecular complexity index is 1050. The zero-order valence-corrected chi connectivity index (χ0v) is 15.7. The number of urea groups is 1. The number of likely N-dealkylation sites (tertiary alicyclic amines) is 1. The van der Waals surface area contributed by atoms with Gasteiger partial charge in [0.2, 0.25) is 12.7 Å². The lowest BCUT2D eigenvalue weighted by Gasteiger charge is -2.31. The van der Waals surface area contributed by atoms with Gasteiger partial charge in [0.15, 0.2) is 11.5 Å². The van der Waals surface area contributed by atoms with Crippen LogP contribution in [-0.4, -0.2) is 46.9 Å². The summed E-state index contributed by atoms with van der Waals surface area (Å²) in [6.07, 6.45) is 3.15. The van der Waals surface area contributed by atoms with Crippen LogP contribution in [0.3, 0.4) is 0 Å². The maximum Gasteiger partial charge on any atom is 0.321 e. The second-order valence-electron chi connectivity index (χ2n) is 7.00. The lowest BCUT2D eigenvalue weighted by atomic mass is 10.1. The first-order chi connectivity index (χ1) is 14.2. The van der Waals surface area contributed by atoms with Gasteiger partial charge < -0.3 is 24.4 Å². The number of hydrogen-bond donors (Lipinski definition) is 1. The van der Waals surface area contributed by atoms with Gasteiger partial charge in [0.05, 0.1) is 17.2 Å². The summed E-state index contributed by atoms with van der Waals surface area (Å²) in [5.74, 6) is 1.86. The van der Waals surface area contributed by atoms with Crippen molar-refractivity contribution in [3.8, 4) is 17.4 Å². The lowest BCUT2D eigenvalue weighted by molar-refractivity contribution is 0.111. The van der Waals surface area contributed by atoms with Crippen LogP contribution in [-0.2, 0) is 0 Å². The average molecular weight is 392 g/mol. The number of rotatable bonds is 3. The van der Waals surface area contributed by atoms with Crippen molar-refractivity contribution >= 4 is 22.8 Å². The van der Waals surface area contributed by atoms with E-state index in [1.807, 2.05) is 24.3 Å². The second-order valence-corrected chi connectivity index (χ2v) is 7.00. The van der Waals surface area contributed by atoms with Crippen molar-refractivity contribution in [3.05, 3.63) is 48.7 Å². The fourth-order valence-corrected chi connectivity index (χ4v) is 3.52. The van der Waals surface area contributed by atoms with Crippen molar-refractivity contribution in [2.45, 2.75) is 18.9 Å². The summed E-state index contributed by atoms with van der Waals surface area (Å²) in [5, 5.41) is 2.91. The first-order valence-corrected chi connectivity index (χ1v) is 9.59. The largest absolute Gasteiger partial charge is 0.473 e. The highest BCUT2D eigenvalue weighted by Crippen LogP contribution is 2.34. The zero-order chi connectivity index (χ0) is 19.6. The first kappa shape index (κ1) is 17.5. The Morgan fingerprint density at radius 3 is 2.72 bits per heavy atom. The van der Waals surface area contributed by atoms with Crippen LogP contribution in [0.1, 0.15) is 12.8 Å². The standard InChI is InChI=1S/C21H20N4O4/c26-21(23-14-5-6-18-19(11-14)28-13-27-18)25-9-7-15(8-10-25)29-20-12-22-16-3-1-2-4-17(16)24-20/h1-6,11-12,15H,7-10,13H2,(H,23,26). The van der Waals surface area contributed by atoms with E-state index >= 15 is 0 Å². The van der Waals surface area contributed by atoms with Crippen LogP contribution in [0.15, 0.2) is 48.7 Å². The Kier molecular flexibility index (Phi) is 4.51. The molecule has 0 bridgehead atoms. The summed E-state index contributed by atoms with van der Waals surface area (Å²) in [6, 6.07) is 12.9. The van der Waals surface area contributed by atoms with Gasteiger partial charge in [0, 0.05) is 37.7 Å². The molecule has 1 aromatic heterocycles. The van der Waals surface area contributed by atoms with Crippen LogP contribution in [0.2, 0.25) is 0 Å². The number of amides is 2. The number of nitrogens with zero attached hydrogens (tertiary/aromatic N) is 3. The molecule has 8 nitrogen and oxygen atoms in total. The zero-order valence-electron chi connectivity index (χ0n) is 15.7. The van der Waals surface area contributed by atoms with Crippen LogP contribution in [0.25, 0.3) is 11.0 Å². The number of piperidine rings is 1. The maximum atomic E-state index is 12.6. The van der Waals surface area contributed by atoms with E-state index in [2.05, 4.69) is 15.3 Å². The molecule has 0 unspecified atom stereocenters. The molecule has 2 aromatic carbocycles. The quantitative estimate of drug-likeness (QED) is 0.735. The number of carbonyl (C=O) groups excluding carboxylic acids is 1. The molecule has 29 heavy (non-hydrogen) atoms. The second kappa shape index (κ2) is 7.46. The van der Waals surface area contributed by atoms with Crippen molar-refractivity contribution in [2.75, 3.05) is 25.2 Å². The van der Waals surface area contributed by atoms with E-state index in [9.17, 15) is 4.79 Å². The topological polar surface area (TPSA) is 85.8 Å². The molecule has 3 heterocycles. The van der Waals surface area contributed by atoms with Crippen LogP contribution in [0, 0.1) is 0 Å². The Morgan fingerprint density at radius 2 is 1.86 bits per heavy atom. The first-order valence-electron chi connectivity index (χ1n) is 9.59. The van der Waals surface area contributed by atoms with Crippen molar-refractivity contribution in [1.29, 1.82) is 0 Å². The van der Waals surface area contributed by atoms with Crippen LogP contribution in [0.4, 0.5) is 10.5 Å². The summed E-state index contributed by atoms with van der Waals surface area (Å²) in [4.78, 5) is 23.2. The molecule has 2 aliphatic rings. The van der Waals surface area contributed by atoms with Gasteiger partial charge in [0.25, 0.3) is 0 Å². The van der Waals surface area contributed by atoms with Gasteiger partial charge >= 0.3 is 6.03 Å². The number of benzene rings is 2. The van der Waals surface area contributed by atoms with Crippen molar-refractivity contribution in [3.63, 3.8) is 0 Å². The number of nitrogens with one attached hydrogen (secondary N) is 1. The smallest absolute Gasteiger partial charge is 0.321 e. The highest BCUT2D eigenvalue weighted by atomic mass is 16.7. The SMILES string of the molecule is O=C(Nc1ccc2c(c1)OCO2)N1CCC(Oc2cnc3ccccc3n2)CC1. The predicted octanol–water partition coefficient (Wildman–Crippen LogP) is 3.43. The van der Waals surface area contributed by atoms with E-state index in [4.69, 9.17) is 14.2 Å². The van der Waals surface area contributed by atoms with Crippen LogP contribution >= 0.6 is 0 Å². The van der Waals surface area contributed by atoms with Crippen molar-refractivity contribution < 1.29 is 19.0 Å².